The second-order valence-corrected chi connectivity index (χ2v) is 11.4. The molecule has 0 saturated heterocycles. The number of ether oxygens (including phenoxy) is 1. The number of halogens is 1. The van der Waals surface area contributed by atoms with Gasteiger partial charge in [0, 0.05) is 11.8 Å². The van der Waals surface area contributed by atoms with Crippen LogP contribution in [-0.4, -0.2) is 46.2 Å². The van der Waals surface area contributed by atoms with Gasteiger partial charge in [-0.25, -0.2) is 4.79 Å². The van der Waals surface area contributed by atoms with Gasteiger partial charge in [-0.05, 0) is 64.2 Å². The van der Waals surface area contributed by atoms with Crippen LogP contribution in [0.1, 0.15) is 56.8 Å². The first-order valence-electron chi connectivity index (χ1n) is 12.4. The van der Waals surface area contributed by atoms with Gasteiger partial charge in [0.15, 0.2) is 0 Å². The Hall–Kier alpha value is -2.71. The Bertz CT molecular complexity index is 1150. The molecule has 0 aliphatic heterocycles. The van der Waals surface area contributed by atoms with Crippen LogP contribution in [0.25, 0.3) is 0 Å². The molecule has 4 atom stereocenters. The Morgan fingerprint density at radius 1 is 1.16 bits per heavy atom. The topological polar surface area (TPSA) is 87.7 Å². The van der Waals surface area contributed by atoms with Crippen molar-refractivity contribution in [1.29, 1.82) is 0 Å². The van der Waals surface area contributed by atoms with E-state index in [0.29, 0.717) is 16.3 Å². The maximum atomic E-state index is 14.0. The molecule has 1 saturated carbocycles. The third kappa shape index (κ3) is 7.42. The highest BCUT2D eigenvalue weighted by Gasteiger charge is 2.48. The second kappa shape index (κ2) is 11.8. The van der Waals surface area contributed by atoms with E-state index < -0.39 is 29.7 Å². The van der Waals surface area contributed by atoms with Crippen LogP contribution in [0, 0.1) is 19.8 Å². The zero-order valence-electron chi connectivity index (χ0n) is 22.2. The van der Waals surface area contributed by atoms with Gasteiger partial charge in [-0.3, -0.25) is 9.59 Å². The summed E-state index contributed by atoms with van der Waals surface area (Å²) in [5, 5.41) is 6.02. The molecule has 0 spiro atoms. The number of alkyl carbamates (subject to hydrolysis) is 1. The van der Waals surface area contributed by atoms with Crippen LogP contribution in [0.5, 0.6) is 0 Å². The van der Waals surface area contributed by atoms with Crippen molar-refractivity contribution in [2.45, 2.75) is 71.7 Å². The lowest BCUT2D eigenvalue weighted by Crippen LogP contribution is -2.54. The fourth-order valence-corrected chi connectivity index (χ4v) is 4.76. The molecule has 37 heavy (non-hydrogen) atoms. The summed E-state index contributed by atoms with van der Waals surface area (Å²) in [6.45, 7) is 11.1. The van der Waals surface area contributed by atoms with E-state index in [2.05, 4.69) is 23.3 Å². The molecule has 7 nitrogen and oxygen atoms in total. The van der Waals surface area contributed by atoms with E-state index in [4.69, 9.17) is 16.3 Å². The van der Waals surface area contributed by atoms with Crippen molar-refractivity contribution in [1.82, 2.24) is 10.2 Å². The molecular weight excluding hydrogens is 510 g/mol. The van der Waals surface area contributed by atoms with Crippen LogP contribution in [-0.2, 0) is 14.3 Å². The third-order valence-electron chi connectivity index (χ3n) is 6.20. The van der Waals surface area contributed by atoms with Gasteiger partial charge in [0.1, 0.15) is 17.7 Å². The lowest BCUT2D eigenvalue weighted by molar-refractivity contribution is -0.141. The van der Waals surface area contributed by atoms with Crippen LogP contribution in [0.2, 0.25) is 5.02 Å². The summed E-state index contributed by atoms with van der Waals surface area (Å²) in [6.07, 6.45) is 0.0324. The van der Waals surface area contributed by atoms with Crippen LogP contribution < -0.4 is 10.6 Å². The molecule has 0 aromatic heterocycles. The maximum Gasteiger partial charge on any atom is 0.408 e. The van der Waals surface area contributed by atoms with E-state index in [1.807, 2.05) is 57.2 Å². The average molecular weight is 546 g/mol. The second-order valence-electron chi connectivity index (χ2n) is 10.6. The van der Waals surface area contributed by atoms with Crippen molar-refractivity contribution < 1.29 is 19.1 Å². The summed E-state index contributed by atoms with van der Waals surface area (Å²) in [6, 6.07) is 10.8. The van der Waals surface area contributed by atoms with E-state index in [-0.39, 0.29) is 23.6 Å². The third-order valence-corrected chi connectivity index (χ3v) is 6.89. The molecule has 9 heteroatoms. The summed E-state index contributed by atoms with van der Waals surface area (Å²) in [5.74, 6) is -0.535. The zero-order chi connectivity index (χ0) is 27.5. The smallest absolute Gasteiger partial charge is 0.408 e. The predicted octanol–water partition coefficient (Wildman–Crippen LogP) is 5.70. The van der Waals surface area contributed by atoms with Crippen molar-refractivity contribution >= 4 is 47.8 Å². The molecule has 0 bridgehead atoms. The lowest BCUT2D eigenvalue weighted by Gasteiger charge is -2.35. The van der Waals surface area contributed by atoms with Gasteiger partial charge in [0.05, 0.1) is 10.7 Å². The van der Waals surface area contributed by atoms with Crippen LogP contribution in [0.4, 0.5) is 10.5 Å². The van der Waals surface area contributed by atoms with E-state index in [1.165, 1.54) is 0 Å². The zero-order valence-corrected chi connectivity index (χ0v) is 23.8. The van der Waals surface area contributed by atoms with E-state index >= 15 is 0 Å². The summed E-state index contributed by atoms with van der Waals surface area (Å²) in [5.41, 5.74) is 2.21. The standard InChI is InChI=1S/C28H36ClN3O4S/c1-16-9-7-11-19(13-16)24(25(33)31-23-17(2)10-8-12-20(23)29)32(22-14-18(22)3)26(34)21(15-37)30-27(35)36-28(4,5)6/h7-13,18,21-22,24,37H,14-15H2,1-6H3,(H,30,35)(H,31,33). The van der Waals surface area contributed by atoms with Crippen molar-refractivity contribution in [2.75, 3.05) is 11.1 Å². The number of hydrogen-bond acceptors (Lipinski definition) is 5. The van der Waals surface area contributed by atoms with Crippen molar-refractivity contribution in [3.05, 3.63) is 64.2 Å². The van der Waals surface area contributed by atoms with Gasteiger partial charge in [-0.2, -0.15) is 12.6 Å². The number of benzene rings is 2. The summed E-state index contributed by atoms with van der Waals surface area (Å²) in [7, 11) is 0. The minimum Gasteiger partial charge on any atom is -0.444 e. The lowest BCUT2D eigenvalue weighted by atomic mass is 10.00. The first-order chi connectivity index (χ1) is 17.3. The van der Waals surface area contributed by atoms with Crippen molar-refractivity contribution in [2.24, 2.45) is 5.92 Å². The first-order valence-corrected chi connectivity index (χ1v) is 13.4. The van der Waals surface area contributed by atoms with Gasteiger partial charge in [-0.15, -0.1) is 0 Å². The largest absolute Gasteiger partial charge is 0.444 e. The number of carbonyl (C=O) groups is 3. The average Bonchev–Trinajstić information content (AvgIpc) is 3.52. The Morgan fingerprint density at radius 3 is 2.35 bits per heavy atom. The molecule has 2 aromatic rings. The highest BCUT2D eigenvalue weighted by atomic mass is 35.5. The van der Waals surface area contributed by atoms with Crippen molar-refractivity contribution in [3.63, 3.8) is 0 Å². The number of hydrogen-bond donors (Lipinski definition) is 3. The summed E-state index contributed by atoms with van der Waals surface area (Å²) in [4.78, 5) is 42.0. The van der Waals surface area contributed by atoms with E-state index in [1.54, 1.807) is 31.7 Å². The van der Waals surface area contributed by atoms with Crippen LogP contribution in [0.15, 0.2) is 42.5 Å². The number of para-hydroxylation sites is 1. The monoisotopic (exact) mass is 545 g/mol. The van der Waals surface area contributed by atoms with Gasteiger partial charge in [-0.1, -0.05) is 60.5 Å². The fraction of sp³-hybridized carbons (Fsp3) is 0.464. The highest BCUT2D eigenvalue weighted by Crippen LogP contribution is 2.41. The number of aryl methyl sites for hydroxylation is 2. The number of rotatable bonds is 8. The number of anilines is 1. The predicted molar refractivity (Wildman–Crippen MR) is 150 cm³/mol. The van der Waals surface area contributed by atoms with Crippen molar-refractivity contribution in [3.8, 4) is 0 Å². The van der Waals surface area contributed by atoms with Gasteiger partial charge >= 0.3 is 6.09 Å². The minimum atomic E-state index is -0.979. The number of carbonyl (C=O) groups excluding carboxylic acids is 3. The molecule has 0 heterocycles. The van der Waals surface area contributed by atoms with E-state index in [9.17, 15) is 14.4 Å². The van der Waals surface area contributed by atoms with Crippen LogP contribution in [0.3, 0.4) is 0 Å². The Balaban J connectivity index is 2.01. The first kappa shape index (κ1) is 28.9. The van der Waals surface area contributed by atoms with Gasteiger partial charge < -0.3 is 20.3 Å². The molecule has 1 aliphatic rings. The van der Waals surface area contributed by atoms with E-state index in [0.717, 1.165) is 17.5 Å². The SMILES string of the molecule is Cc1cccc(C(C(=O)Nc2c(C)cccc2Cl)N(C(=O)C(CS)NC(=O)OC(C)(C)C)C2CC2C)c1. The molecule has 2 N–H and O–H groups in total. The molecular formula is C28H36ClN3O4S. The Morgan fingerprint density at radius 2 is 1.81 bits per heavy atom. The number of amides is 3. The molecule has 4 unspecified atom stereocenters. The molecule has 0 radical (unpaired) electrons. The Labute approximate surface area is 229 Å². The molecule has 2 aromatic carbocycles. The number of nitrogens with zero attached hydrogens (tertiary/aromatic N) is 1. The number of thiol groups is 1. The Kier molecular flexibility index (Phi) is 9.18. The molecule has 3 rings (SSSR count). The molecule has 1 aliphatic carbocycles. The normalized spacial score (nSPS) is 18.4. The molecule has 1 fully saturated rings. The van der Waals surface area contributed by atoms with Gasteiger partial charge in [0.2, 0.25) is 5.91 Å². The number of nitrogens with one attached hydrogen (secondary N) is 2. The fourth-order valence-electron chi connectivity index (χ4n) is 4.25. The highest BCUT2D eigenvalue weighted by molar-refractivity contribution is 7.80. The summed E-state index contributed by atoms with van der Waals surface area (Å²) < 4.78 is 5.36. The maximum absolute atomic E-state index is 14.0. The van der Waals surface area contributed by atoms with Gasteiger partial charge in [0.25, 0.3) is 5.91 Å². The van der Waals surface area contributed by atoms with Crippen LogP contribution >= 0.6 is 24.2 Å². The summed E-state index contributed by atoms with van der Waals surface area (Å²) >= 11 is 10.7. The minimum absolute atomic E-state index is 0.0431. The molecule has 3 amide bonds. The molecule has 200 valence electrons. The quantitative estimate of drug-likeness (QED) is 0.371.